The molecule has 0 radical (unpaired) electrons. The largest absolute Gasteiger partial charge is 0.508 e. The van der Waals surface area contributed by atoms with Crippen LogP contribution < -0.4 is 0 Å². The highest BCUT2D eigenvalue weighted by atomic mass is 16.6. The van der Waals surface area contributed by atoms with E-state index in [0.29, 0.717) is 5.75 Å². The van der Waals surface area contributed by atoms with E-state index in [9.17, 15) is 0 Å². The summed E-state index contributed by atoms with van der Waals surface area (Å²) < 4.78 is 0. The van der Waals surface area contributed by atoms with E-state index < -0.39 is 6.16 Å². The van der Waals surface area contributed by atoms with Crippen molar-refractivity contribution in [3.8, 4) is 5.75 Å². The van der Waals surface area contributed by atoms with E-state index in [1.807, 2.05) is 19.1 Å². The Bertz CT molecular complexity index is 215. The molecular formula is C8H10O4. The van der Waals surface area contributed by atoms with Crippen LogP contribution in [0.4, 0.5) is 4.79 Å². The molecule has 4 heteroatoms. The van der Waals surface area contributed by atoms with Gasteiger partial charge in [-0.25, -0.2) is 4.79 Å². The molecule has 0 aliphatic carbocycles. The van der Waals surface area contributed by atoms with Gasteiger partial charge < -0.3 is 15.3 Å². The average molecular weight is 170 g/mol. The molecule has 0 saturated carbocycles. The van der Waals surface area contributed by atoms with Crippen LogP contribution in [0, 0.1) is 6.92 Å². The van der Waals surface area contributed by atoms with E-state index in [2.05, 4.69) is 0 Å². The molecule has 1 aromatic carbocycles. The van der Waals surface area contributed by atoms with Crippen LogP contribution in [0.3, 0.4) is 0 Å². The first-order valence-electron chi connectivity index (χ1n) is 3.20. The SMILES string of the molecule is Cc1ccc(O)cc1.O=C(O)O. The monoisotopic (exact) mass is 170 g/mol. The number of carbonyl (C=O) groups is 1. The van der Waals surface area contributed by atoms with Crippen LogP contribution in [0.2, 0.25) is 0 Å². The van der Waals surface area contributed by atoms with Gasteiger partial charge in [0.2, 0.25) is 0 Å². The molecule has 0 aliphatic rings. The highest BCUT2D eigenvalue weighted by Crippen LogP contribution is 2.07. The Morgan fingerprint density at radius 2 is 1.50 bits per heavy atom. The van der Waals surface area contributed by atoms with Gasteiger partial charge in [0.05, 0.1) is 0 Å². The van der Waals surface area contributed by atoms with Gasteiger partial charge >= 0.3 is 6.16 Å². The van der Waals surface area contributed by atoms with Gasteiger partial charge in [0.25, 0.3) is 0 Å². The van der Waals surface area contributed by atoms with E-state index >= 15 is 0 Å². The summed E-state index contributed by atoms with van der Waals surface area (Å²) >= 11 is 0. The van der Waals surface area contributed by atoms with E-state index in [1.54, 1.807) is 12.1 Å². The fraction of sp³-hybridized carbons (Fsp3) is 0.125. The molecule has 12 heavy (non-hydrogen) atoms. The number of hydrogen-bond acceptors (Lipinski definition) is 2. The second-order valence-electron chi connectivity index (χ2n) is 2.12. The lowest BCUT2D eigenvalue weighted by molar-refractivity contribution is 0.137. The van der Waals surface area contributed by atoms with Crippen LogP contribution in [-0.2, 0) is 0 Å². The zero-order valence-corrected chi connectivity index (χ0v) is 6.56. The zero-order chi connectivity index (χ0) is 9.56. The van der Waals surface area contributed by atoms with Crippen molar-refractivity contribution in [3.05, 3.63) is 29.8 Å². The van der Waals surface area contributed by atoms with Crippen molar-refractivity contribution in [2.75, 3.05) is 0 Å². The Balaban J connectivity index is 0.000000261. The van der Waals surface area contributed by atoms with Crippen LogP contribution in [0.15, 0.2) is 24.3 Å². The second-order valence-corrected chi connectivity index (χ2v) is 2.12. The number of carboxylic acid groups (broad SMARTS) is 2. The summed E-state index contributed by atoms with van der Waals surface area (Å²) in [5.74, 6) is 0.329. The maximum atomic E-state index is 8.76. The molecule has 1 rings (SSSR count). The second kappa shape index (κ2) is 5.01. The van der Waals surface area contributed by atoms with Gasteiger partial charge in [-0.2, -0.15) is 0 Å². The molecule has 0 bridgehead atoms. The summed E-state index contributed by atoms with van der Waals surface area (Å²) in [6, 6.07) is 7.09. The van der Waals surface area contributed by atoms with Crippen LogP contribution in [0.1, 0.15) is 5.56 Å². The van der Waals surface area contributed by atoms with E-state index in [1.165, 1.54) is 5.56 Å². The van der Waals surface area contributed by atoms with E-state index in [-0.39, 0.29) is 0 Å². The Labute approximate surface area is 69.7 Å². The van der Waals surface area contributed by atoms with Crippen molar-refractivity contribution in [2.45, 2.75) is 6.92 Å². The molecule has 3 N–H and O–H groups in total. The third-order valence-electron chi connectivity index (χ3n) is 1.03. The normalized spacial score (nSPS) is 8.08. The van der Waals surface area contributed by atoms with Gasteiger partial charge in [-0.15, -0.1) is 0 Å². The smallest absolute Gasteiger partial charge is 0.503 e. The van der Waals surface area contributed by atoms with Crippen molar-refractivity contribution < 1.29 is 20.1 Å². The quantitative estimate of drug-likeness (QED) is 0.555. The molecule has 0 atom stereocenters. The van der Waals surface area contributed by atoms with Crippen molar-refractivity contribution in [1.82, 2.24) is 0 Å². The molecule has 0 fully saturated rings. The topological polar surface area (TPSA) is 77.8 Å². The van der Waals surface area contributed by atoms with Crippen LogP contribution in [0.25, 0.3) is 0 Å². The number of phenols is 1. The molecule has 0 aromatic heterocycles. The number of rotatable bonds is 0. The Hall–Kier alpha value is -1.71. The summed E-state index contributed by atoms with van der Waals surface area (Å²) in [6.45, 7) is 1.99. The molecule has 0 unspecified atom stereocenters. The van der Waals surface area contributed by atoms with Crippen LogP contribution >= 0.6 is 0 Å². The van der Waals surface area contributed by atoms with Crippen molar-refractivity contribution in [2.24, 2.45) is 0 Å². The highest BCUT2D eigenvalue weighted by molar-refractivity contribution is 5.53. The Morgan fingerprint density at radius 1 is 1.17 bits per heavy atom. The first-order chi connectivity index (χ1) is 5.52. The molecule has 4 nitrogen and oxygen atoms in total. The zero-order valence-electron chi connectivity index (χ0n) is 6.56. The van der Waals surface area contributed by atoms with Crippen molar-refractivity contribution in [1.29, 1.82) is 0 Å². The molecule has 0 heterocycles. The van der Waals surface area contributed by atoms with E-state index in [0.717, 1.165) is 0 Å². The third-order valence-corrected chi connectivity index (χ3v) is 1.03. The maximum Gasteiger partial charge on any atom is 0.503 e. The Morgan fingerprint density at radius 3 is 1.75 bits per heavy atom. The average Bonchev–Trinajstić information content (AvgIpc) is 1.94. The predicted molar refractivity (Wildman–Crippen MR) is 43.5 cm³/mol. The lowest BCUT2D eigenvalue weighted by Gasteiger charge is -1.89. The fourth-order valence-corrected chi connectivity index (χ4v) is 0.545. The summed E-state index contributed by atoms with van der Waals surface area (Å²) in [5.41, 5.74) is 1.17. The number of aryl methyl sites for hydroxylation is 1. The summed E-state index contributed by atoms with van der Waals surface area (Å²) in [5, 5.41) is 22.7. The van der Waals surface area contributed by atoms with Crippen LogP contribution in [0.5, 0.6) is 5.75 Å². The predicted octanol–water partition coefficient (Wildman–Crippen LogP) is 1.92. The minimum Gasteiger partial charge on any atom is -0.508 e. The number of phenolic OH excluding ortho intramolecular Hbond substituents is 1. The Kier molecular flexibility index (Phi) is 4.30. The maximum absolute atomic E-state index is 8.76. The molecule has 0 saturated heterocycles. The van der Waals surface area contributed by atoms with Gasteiger partial charge in [-0.05, 0) is 19.1 Å². The van der Waals surface area contributed by atoms with Gasteiger partial charge in [0, 0.05) is 0 Å². The van der Waals surface area contributed by atoms with E-state index in [4.69, 9.17) is 20.1 Å². The summed E-state index contributed by atoms with van der Waals surface area (Å²) in [7, 11) is 0. The lowest BCUT2D eigenvalue weighted by atomic mass is 10.2. The minimum absolute atomic E-state index is 0.329. The fourth-order valence-electron chi connectivity index (χ4n) is 0.545. The van der Waals surface area contributed by atoms with Gasteiger partial charge in [0.1, 0.15) is 5.75 Å². The molecule has 1 aromatic rings. The number of aromatic hydroxyl groups is 1. The number of benzene rings is 1. The number of hydrogen-bond donors (Lipinski definition) is 3. The standard InChI is InChI=1S/C7H8O.CH2O3/c1-6-2-4-7(8)5-3-6;2-1(3)4/h2-5,8H,1H3;(H2,2,3,4). The van der Waals surface area contributed by atoms with Gasteiger partial charge in [0.15, 0.2) is 0 Å². The first kappa shape index (κ1) is 10.3. The molecule has 0 aliphatic heterocycles. The molecule has 66 valence electrons. The molecule has 0 spiro atoms. The molecular weight excluding hydrogens is 160 g/mol. The molecule has 0 amide bonds. The van der Waals surface area contributed by atoms with Crippen LogP contribution in [-0.4, -0.2) is 21.5 Å². The summed E-state index contributed by atoms with van der Waals surface area (Å²) in [4.78, 5) is 8.56. The van der Waals surface area contributed by atoms with Crippen molar-refractivity contribution in [3.63, 3.8) is 0 Å². The minimum atomic E-state index is -1.83. The van der Waals surface area contributed by atoms with Gasteiger partial charge in [-0.3, -0.25) is 0 Å². The summed E-state index contributed by atoms with van der Waals surface area (Å²) in [6.07, 6.45) is -1.83. The lowest BCUT2D eigenvalue weighted by Crippen LogP contribution is -1.81. The first-order valence-corrected chi connectivity index (χ1v) is 3.20. The van der Waals surface area contributed by atoms with Crippen molar-refractivity contribution >= 4 is 6.16 Å². The van der Waals surface area contributed by atoms with Gasteiger partial charge in [-0.1, -0.05) is 17.7 Å². The highest BCUT2D eigenvalue weighted by Gasteiger charge is 1.82. The third kappa shape index (κ3) is 6.41.